The molecule has 1 aliphatic rings. The first kappa shape index (κ1) is 45.1. The van der Waals surface area contributed by atoms with Gasteiger partial charge in [0.15, 0.2) is 6.10 Å². The predicted octanol–water partition coefficient (Wildman–Crippen LogP) is 8.88. The molecule has 0 saturated carbocycles. The number of nitrogens with one attached hydrogen (secondary N) is 1. The van der Waals surface area contributed by atoms with Crippen LogP contribution in [0.15, 0.2) is 75.3 Å². The number of aliphatic hydroxyl groups excluding tert-OH is 1. The van der Waals surface area contributed by atoms with Gasteiger partial charge in [-0.3, -0.25) is 18.4 Å². The van der Waals surface area contributed by atoms with Crippen molar-refractivity contribution in [3.63, 3.8) is 0 Å². The summed E-state index contributed by atoms with van der Waals surface area (Å²) in [5, 5.41) is 12.6. The van der Waals surface area contributed by atoms with Crippen LogP contribution in [0.4, 0.5) is 14.6 Å². The van der Waals surface area contributed by atoms with Crippen LogP contribution >= 0.6 is 7.82 Å². The van der Waals surface area contributed by atoms with Crippen LogP contribution in [0.2, 0.25) is 0 Å². The fraction of sp³-hybridized carbons (Fsp3) is 0.605. The average molecular weight is 754 g/mol. The maximum absolute atomic E-state index is 14.8. The lowest BCUT2D eigenvalue weighted by atomic mass is 10.0. The standard InChI is InChI=1S/C38H58F2N3O8P/c1-8-49-52(47,48)50-26-32-35(45)38(39,40)36(51-32)43-25-24-33(42-37(43)46)41-34(44)23-22-31(7)21-13-19-29(5)16-10-9-15-28(4)18-12-20-30(6)17-11-14-27(2)3/h14-16,20-21,24-25,32,35-36,45H,8-13,17-19,22-23,26H2,1-7H3,(H,47,48)(H,41,42,44,46)/b28-15+,29-16+,30-20+,31-21+/t32-,35-,36-/m1/s1. The lowest BCUT2D eigenvalue weighted by Gasteiger charge is -2.21. The highest BCUT2D eigenvalue weighted by molar-refractivity contribution is 7.47. The van der Waals surface area contributed by atoms with Gasteiger partial charge in [0.2, 0.25) is 12.1 Å². The molecular formula is C38H58F2N3O8P. The summed E-state index contributed by atoms with van der Waals surface area (Å²) in [5.41, 5.74) is 5.45. The molecule has 2 rings (SSSR count). The van der Waals surface area contributed by atoms with Crippen molar-refractivity contribution in [3.05, 3.63) is 81.0 Å². The van der Waals surface area contributed by atoms with E-state index in [9.17, 15) is 32.9 Å². The van der Waals surface area contributed by atoms with Gasteiger partial charge in [-0.05, 0) is 112 Å². The van der Waals surface area contributed by atoms with Gasteiger partial charge in [-0.15, -0.1) is 0 Å². The molecule has 1 unspecified atom stereocenters. The van der Waals surface area contributed by atoms with Crippen LogP contribution in [-0.2, 0) is 23.1 Å². The van der Waals surface area contributed by atoms with Crippen molar-refractivity contribution < 1.29 is 41.9 Å². The van der Waals surface area contributed by atoms with E-state index in [1.807, 2.05) is 6.92 Å². The summed E-state index contributed by atoms with van der Waals surface area (Å²) in [4.78, 5) is 38.3. The van der Waals surface area contributed by atoms with E-state index in [4.69, 9.17) is 4.74 Å². The first-order chi connectivity index (χ1) is 24.4. The van der Waals surface area contributed by atoms with E-state index in [1.54, 1.807) is 0 Å². The van der Waals surface area contributed by atoms with Crippen molar-refractivity contribution in [2.45, 2.75) is 137 Å². The quantitative estimate of drug-likeness (QED) is 0.0600. The van der Waals surface area contributed by atoms with E-state index in [0.29, 0.717) is 11.0 Å². The third-order valence-electron chi connectivity index (χ3n) is 8.48. The number of aromatic nitrogens is 2. The maximum atomic E-state index is 14.8. The Balaban J connectivity index is 1.76. The number of alkyl halides is 2. The third kappa shape index (κ3) is 16.3. The number of anilines is 1. The molecule has 2 heterocycles. The van der Waals surface area contributed by atoms with E-state index in [2.05, 4.69) is 84.3 Å². The lowest BCUT2D eigenvalue weighted by molar-refractivity contribution is -0.140. The van der Waals surface area contributed by atoms with Gasteiger partial charge in [0.25, 0.3) is 0 Å². The molecule has 0 aliphatic carbocycles. The first-order valence-corrected chi connectivity index (χ1v) is 19.4. The number of carbonyl (C=O) groups is 1. The average Bonchev–Trinajstić information content (AvgIpc) is 3.28. The molecule has 1 amide bonds. The summed E-state index contributed by atoms with van der Waals surface area (Å²) < 4.78 is 56.1. The molecule has 0 aromatic carbocycles. The number of allylic oxidation sites excluding steroid dienone is 10. The van der Waals surface area contributed by atoms with Gasteiger partial charge < -0.3 is 20.1 Å². The number of nitrogens with zero attached hydrogens (tertiary/aromatic N) is 2. The van der Waals surface area contributed by atoms with E-state index >= 15 is 0 Å². The van der Waals surface area contributed by atoms with E-state index in [0.717, 1.165) is 69.2 Å². The summed E-state index contributed by atoms with van der Waals surface area (Å²) in [6, 6.07) is 1.16. The fourth-order valence-corrected chi connectivity index (χ4v) is 6.14. The summed E-state index contributed by atoms with van der Waals surface area (Å²) in [6.07, 6.45) is 14.7. The van der Waals surface area contributed by atoms with Gasteiger partial charge in [0.1, 0.15) is 11.9 Å². The molecule has 4 atom stereocenters. The topological polar surface area (TPSA) is 149 Å². The summed E-state index contributed by atoms with van der Waals surface area (Å²) in [7, 11) is -4.54. The van der Waals surface area contributed by atoms with Gasteiger partial charge >= 0.3 is 19.4 Å². The number of hydrogen-bond donors (Lipinski definition) is 3. The first-order valence-electron chi connectivity index (χ1n) is 17.9. The van der Waals surface area contributed by atoms with Gasteiger partial charge in [0, 0.05) is 12.6 Å². The minimum atomic E-state index is -4.54. The maximum Gasteiger partial charge on any atom is 0.472 e. The minimum Gasteiger partial charge on any atom is -0.384 e. The Morgan fingerprint density at radius 1 is 0.904 bits per heavy atom. The van der Waals surface area contributed by atoms with Crippen LogP contribution in [0.25, 0.3) is 0 Å². The van der Waals surface area contributed by atoms with Crippen LogP contribution < -0.4 is 11.0 Å². The van der Waals surface area contributed by atoms with Crippen molar-refractivity contribution >= 4 is 19.5 Å². The number of carbonyl (C=O) groups excluding carboxylic acids is 1. The second-order valence-electron chi connectivity index (χ2n) is 13.6. The highest BCUT2D eigenvalue weighted by Gasteiger charge is 2.60. The second-order valence-corrected chi connectivity index (χ2v) is 15.0. The Morgan fingerprint density at radius 3 is 1.94 bits per heavy atom. The molecular weight excluding hydrogens is 695 g/mol. The van der Waals surface area contributed by atoms with E-state index in [1.165, 1.54) is 29.2 Å². The Morgan fingerprint density at radius 2 is 1.42 bits per heavy atom. The Labute approximate surface area is 307 Å². The van der Waals surface area contributed by atoms with E-state index in [-0.39, 0.29) is 18.8 Å². The number of halogens is 2. The molecule has 52 heavy (non-hydrogen) atoms. The van der Waals surface area contributed by atoms with Crippen LogP contribution in [0.3, 0.4) is 0 Å². The zero-order chi connectivity index (χ0) is 38.9. The molecule has 0 spiro atoms. The Hall–Kier alpha value is -3.06. The number of aliphatic hydroxyl groups is 1. The van der Waals surface area contributed by atoms with Crippen molar-refractivity contribution in [2.24, 2.45) is 0 Å². The SMILES string of the molecule is CCOP(=O)(O)OC[C@H]1O[C@@H](n2ccc(NC(=O)CC/C(C)=C/CC/C(C)=C/CC/C=C(\C)CC/C=C(\C)CCC=C(C)C)nc2=O)C(F)(F)[C@@H]1O. The van der Waals surface area contributed by atoms with Crippen LogP contribution in [0.1, 0.15) is 119 Å². The summed E-state index contributed by atoms with van der Waals surface area (Å²) in [6.45, 7) is 13.1. The zero-order valence-corrected chi connectivity index (χ0v) is 32.6. The van der Waals surface area contributed by atoms with Crippen molar-refractivity contribution in [3.8, 4) is 0 Å². The normalized spacial score (nSPS) is 20.9. The second kappa shape index (κ2) is 22.2. The molecule has 1 saturated heterocycles. The Kier molecular flexibility index (Phi) is 19.3. The number of amides is 1. The highest BCUT2D eigenvalue weighted by atomic mass is 31.2. The van der Waals surface area contributed by atoms with Crippen molar-refractivity contribution in [2.75, 3.05) is 18.5 Å². The van der Waals surface area contributed by atoms with Crippen molar-refractivity contribution in [1.82, 2.24) is 9.55 Å². The summed E-state index contributed by atoms with van der Waals surface area (Å²) in [5.74, 6) is -4.50. The Bertz CT molecular complexity index is 1580. The molecule has 11 nitrogen and oxygen atoms in total. The van der Waals surface area contributed by atoms with Gasteiger partial charge in [0.05, 0.1) is 13.2 Å². The smallest absolute Gasteiger partial charge is 0.384 e. The molecule has 14 heteroatoms. The lowest BCUT2D eigenvalue weighted by Crippen LogP contribution is -2.42. The zero-order valence-electron chi connectivity index (χ0n) is 31.7. The van der Waals surface area contributed by atoms with Crippen LogP contribution in [-0.4, -0.2) is 56.8 Å². The highest BCUT2D eigenvalue weighted by Crippen LogP contribution is 2.46. The molecule has 3 N–H and O–H groups in total. The minimum absolute atomic E-state index is 0.129. The molecule has 1 aromatic rings. The van der Waals surface area contributed by atoms with Crippen LogP contribution in [0, 0.1) is 0 Å². The number of phosphoric acid groups is 1. The third-order valence-corrected chi connectivity index (χ3v) is 9.54. The number of unbranched alkanes of at least 4 members (excludes halogenated alkanes) is 1. The number of ether oxygens (including phenoxy) is 1. The summed E-state index contributed by atoms with van der Waals surface area (Å²) >= 11 is 0. The molecule has 1 aliphatic heterocycles. The fourth-order valence-electron chi connectivity index (χ4n) is 5.40. The predicted molar refractivity (Wildman–Crippen MR) is 200 cm³/mol. The molecule has 1 fully saturated rings. The molecule has 292 valence electrons. The monoisotopic (exact) mass is 753 g/mol. The molecule has 0 bridgehead atoms. The number of hydrogen-bond acceptors (Lipinski definition) is 8. The largest absolute Gasteiger partial charge is 0.472 e. The van der Waals surface area contributed by atoms with Crippen LogP contribution in [0.5, 0.6) is 0 Å². The van der Waals surface area contributed by atoms with Crippen molar-refractivity contribution in [1.29, 1.82) is 0 Å². The molecule has 1 aromatic heterocycles. The number of rotatable bonds is 22. The van der Waals surface area contributed by atoms with Gasteiger partial charge in [-0.2, -0.15) is 13.8 Å². The van der Waals surface area contributed by atoms with Gasteiger partial charge in [-0.25, -0.2) is 9.36 Å². The number of phosphoric ester groups is 1. The van der Waals surface area contributed by atoms with E-state index < -0.39 is 50.4 Å². The molecule has 0 radical (unpaired) electrons. The van der Waals surface area contributed by atoms with Gasteiger partial charge in [-0.1, -0.05) is 58.2 Å².